The number of carbonyl (C=O) groups excluding carboxylic acids is 2. The Hall–Kier alpha value is -1.26. The van der Waals surface area contributed by atoms with E-state index in [1.165, 1.54) is 0 Å². The molecule has 2 unspecified atom stereocenters. The number of amides is 1. The Bertz CT molecular complexity index is 360. The molecule has 1 saturated heterocycles. The molecular weight excluding hydrogens is 222 g/mol. The minimum atomic E-state index is -0.990. The lowest BCUT2D eigenvalue weighted by atomic mass is 10.0. The summed E-state index contributed by atoms with van der Waals surface area (Å²) in [5.74, 6) is -1.37. The van der Waals surface area contributed by atoms with Crippen molar-refractivity contribution in [3.63, 3.8) is 0 Å². The van der Waals surface area contributed by atoms with Crippen molar-refractivity contribution >= 4 is 12.1 Å². The van der Waals surface area contributed by atoms with Crippen LogP contribution in [0.15, 0.2) is 0 Å². The highest BCUT2D eigenvalue weighted by Gasteiger charge is 2.59. The van der Waals surface area contributed by atoms with Crippen LogP contribution in [0.3, 0.4) is 0 Å². The number of hydrogen-bond donors (Lipinski definition) is 0. The topological polar surface area (TPSA) is 69.7 Å². The van der Waals surface area contributed by atoms with E-state index in [2.05, 4.69) is 0 Å². The molecule has 1 amide bonds. The van der Waals surface area contributed by atoms with E-state index in [0.717, 1.165) is 6.42 Å². The second kappa shape index (κ2) is 3.62. The number of likely N-dealkylation sites (tertiary alicyclic amines) is 1. The van der Waals surface area contributed by atoms with E-state index in [1.54, 1.807) is 4.90 Å². The van der Waals surface area contributed by atoms with E-state index in [1.807, 2.05) is 20.8 Å². The summed E-state index contributed by atoms with van der Waals surface area (Å²) >= 11 is 0. The summed E-state index contributed by atoms with van der Waals surface area (Å²) in [6.45, 7) is 6.52. The van der Waals surface area contributed by atoms with Crippen molar-refractivity contribution in [3.8, 4) is 0 Å². The largest absolute Gasteiger partial charge is 0.550 e. The van der Waals surface area contributed by atoms with Crippen LogP contribution >= 0.6 is 0 Å². The first-order valence-corrected chi connectivity index (χ1v) is 5.92. The Balaban J connectivity index is 1.91. The Labute approximate surface area is 101 Å². The summed E-state index contributed by atoms with van der Waals surface area (Å²) < 4.78 is 5.26. The lowest BCUT2D eigenvalue weighted by Crippen LogP contribution is -2.36. The van der Waals surface area contributed by atoms with Crippen LogP contribution in [0.4, 0.5) is 4.79 Å². The molecule has 0 bridgehead atoms. The number of ether oxygens (including phenoxy) is 1. The van der Waals surface area contributed by atoms with Gasteiger partial charge in [0.25, 0.3) is 0 Å². The summed E-state index contributed by atoms with van der Waals surface area (Å²) in [7, 11) is 0. The molecule has 0 radical (unpaired) electrons. The Morgan fingerprint density at radius 2 is 2.06 bits per heavy atom. The van der Waals surface area contributed by atoms with E-state index >= 15 is 0 Å². The van der Waals surface area contributed by atoms with Crippen LogP contribution in [0.1, 0.15) is 33.6 Å². The molecule has 1 aliphatic carbocycles. The van der Waals surface area contributed by atoms with Gasteiger partial charge in [-0.3, -0.25) is 0 Å². The Kier molecular flexibility index (Phi) is 2.60. The second-order valence-corrected chi connectivity index (χ2v) is 6.09. The van der Waals surface area contributed by atoms with Gasteiger partial charge in [-0.2, -0.15) is 0 Å². The quantitative estimate of drug-likeness (QED) is 0.664. The minimum absolute atomic E-state index is 0.226. The Morgan fingerprint density at radius 3 is 2.53 bits per heavy atom. The normalized spacial score (nSPS) is 31.7. The van der Waals surface area contributed by atoms with Crippen LogP contribution in [0.25, 0.3) is 0 Å². The zero-order valence-electron chi connectivity index (χ0n) is 10.5. The van der Waals surface area contributed by atoms with Crippen LogP contribution in [0.5, 0.6) is 0 Å². The lowest BCUT2D eigenvalue weighted by Gasteiger charge is -2.24. The third kappa shape index (κ3) is 2.37. The molecule has 96 valence electrons. The fourth-order valence-corrected chi connectivity index (χ4v) is 2.51. The van der Waals surface area contributed by atoms with Crippen molar-refractivity contribution in [1.29, 1.82) is 0 Å². The van der Waals surface area contributed by atoms with Crippen molar-refractivity contribution < 1.29 is 19.4 Å². The van der Waals surface area contributed by atoms with Crippen LogP contribution in [0.2, 0.25) is 0 Å². The van der Waals surface area contributed by atoms with Gasteiger partial charge in [-0.15, -0.1) is 0 Å². The van der Waals surface area contributed by atoms with Gasteiger partial charge in [0.2, 0.25) is 0 Å². The minimum Gasteiger partial charge on any atom is -0.550 e. The number of carboxylic acids is 1. The maximum absolute atomic E-state index is 11.8. The standard InChI is InChI=1S/C12H19NO4/c1-11(2,3)17-10(16)13-5-4-12(7-13)6-8(12)9(14)15/h8H,4-7H2,1-3H3,(H,14,15)/p-1. The van der Waals surface area contributed by atoms with Crippen molar-refractivity contribution in [3.05, 3.63) is 0 Å². The van der Waals surface area contributed by atoms with Crippen LogP contribution < -0.4 is 5.11 Å². The fraction of sp³-hybridized carbons (Fsp3) is 0.833. The molecule has 5 heteroatoms. The van der Waals surface area contributed by atoms with Gasteiger partial charge in [0.05, 0.1) is 0 Å². The highest BCUT2D eigenvalue weighted by Crippen LogP contribution is 2.58. The molecular formula is C12H18NO4-. The molecule has 1 spiro atoms. The predicted octanol–water partition coefficient (Wildman–Crippen LogP) is 0.383. The molecule has 1 aliphatic heterocycles. The number of carbonyl (C=O) groups is 2. The van der Waals surface area contributed by atoms with Gasteiger partial charge < -0.3 is 19.5 Å². The van der Waals surface area contributed by atoms with E-state index in [0.29, 0.717) is 19.5 Å². The average molecular weight is 240 g/mol. The molecule has 0 aromatic rings. The van der Waals surface area contributed by atoms with Gasteiger partial charge in [0.1, 0.15) is 5.60 Å². The highest BCUT2D eigenvalue weighted by molar-refractivity contribution is 5.74. The predicted molar refractivity (Wildman–Crippen MR) is 58.0 cm³/mol. The van der Waals surface area contributed by atoms with Crippen LogP contribution in [0, 0.1) is 11.3 Å². The van der Waals surface area contributed by atoms with E-state index < -0.39 is 11.6 Å². The number of hydrogen-bond acceptors (Lipinski definition) is 4. The molecule has 0 aromatic heterocycles. The fourth-order valence-electron chi connectivity index (χ4n) is 2.51. The first-order chi connectivity index (χ1) is 7.73. The third-order valence-corrected chi connectivity index (χ3v) is 3.51. The van der Waals surface area contributed by atoms with Gasteiger partial charge in [0.15, 0.2) is 0 Å². The zero-order chi connectivity index (χ0) is 12.8. The highest BCUT2D eigenvalue weighted by atomic mass is 16.6. The second-order valence-electron chi connectivity index (χ2n) is 6.09. The first-order valence-electron chi connectivity index (χ1n) is 5.92. The lowest BCUT2D eigenvalue weighted by molar-refractivity contribution is -0.308. The molecule has 2 rings (SSSR count). The molecule has 0 aromatic carbocycles. The molecule has 0 N–H and O–H groups in total. The maximum Gasteiger partial charge on any atom is 0.410 e. The monoisotopic (exact) mass is 240 g/mol. The first kappa shape index (κ1) is 12.2. The van der Waals surface area contributed by atoms with E-state index in [9.17, 15) is 14.7 Å². The van der Waals surface area contributed by atoms with E-state index in [-0.39, 0.29) is 17.4 Å². The number of rotatable bonds is 1. The van der Waals surface area contributed by atoms with Crippen LogP contribution in [-0.4, -0.2) is 35.7 Å². The summed E-state index contributed by atoms with van der Waals surface area (Å²) in [5.41, 5.74) is -0.736. The van der Waals surface area contributed by atoms with Gasteiger partial charge in [-0.1, -0.05) is 0 Å². The summed E-state index contributed by atoms with van der Waals surface area (Å²) in [5, 5.41) is 10.8. The van der Waals surface area contributed by atoms with Crippen molar-refractivity contribution in [2.45, 2.75) is 39.2 Å². The number of aliphatic carboxylic acids is 1. The van der Waals surface area contributed by atoms with Gasteiger partial charge in [-0.25, -0.2) is 4.79 Å². The zero-order valence-corrected chi connectivity index (χ0v) is 10.5. The van der Waals surface area contributed by atoms with Crippen molar-refractivity contribution in [1.82, 2.24) is 4.90 Å². The molecule has 2 fully saturated rings. The van der Waals surface area contributed by atoms with Crippen molar-refractivity contribution in [2.75, 3.05) is 13.1 Å². The van der Waals surface area contributed by atoms with Gasteiger partial charge >= 0.3 is 6.09 Å². The third-order valence-electron chi connectivity index (χ3n) is 3.51. The summed E-state index contributed by atoms with van der Waals surface area (Å²) in [6, 6.07) is 0. The number of nitrogens with zero attached hydrogens (tertiary/aromatic N) is 1. The van der Waals surface area contributed by atoms with Gasteiger partial charge in [-0.05, 0) is 39.0 Å². The van der Waals surface area contributed by atoms with Crippen molar-refractivity contribution in [2.24, 2.45) is 11.3 Å². The molecule has 17 heavy (non-hydrogen) atoms. The number of carboxylic acid groups (broad SMARTS) is 1. The van der Waals surface area contributed by atoms with Gasteiger partial charge in [0, 0.05) is 25.0 Å². The molecule has 2 atom stereocenters. The average Bonchev–Trinajstić information content (AvgIpc) is 2.65. The molecule has 1 saturated carbocycles. The maximum atomic E-state index is 11.8. The molecule has 2 aliphatic rings. The molecule has 5 nitrogen and oxygen atoms in total. The summed E-state index contributed by atoms with van der Waals surface area (Å²) in [4.78, 5) is 24.2. The van der Waals surface area contributed by atoms with Crippen LogP contribution in [-0.2, 0) is 9.53 Å². The SMILES string of the molecule is CC(C)(C)OC(=O)N1CCC2(CC2C(=O)[O-])C1. The van der Waals surface area contributed by atoms with E-state index in [4.69, 9.17) is 4.74 Å². The Morgan fingerprint density at radius 1 is 1.41 bits per heavy atom. The summed E-state index contributed by atoms with van der Waals surface area (Å²) in [6.07, 6.45) is 1.03. The molecule has 1 heterocycles. The smallest absolute Gasteiger partial charge is 0.410 e.